The molecule has 1 nitrogen and oxygen atoms in total. The predicted molar refractivity (Wildman–Crippen MR) is 128 cm³/mol. The quantitative estimate of drug-likeness (QED) is 0.170. The predicted octanol–water partition coefficient (Wildman–Crippen LogP) is 8.44. The van der Waals surface area contributed by atoms with Gasteiger partial charge in [-0.3, -0.25) is 0 Å². The second-order valence-corrected chi connectivity index (χ2v) is 9.39. The second kappa shape index (κ2) is 10.2. The minimum absolute atomic E-state index is 0.556. The molecule has 0 amide bonds. The zero-order valence-corrected chi connectivity index (χ0v) is 19.2. The topological polar surface area (TPSA) is 4.93 Å². The zero-order chi connectivity index (χ0) is 20.8. The summed E-state index contributed by atoms with van der Waals surface area (Å²) in [6.45, 7) is 0. The molecule has 0 saturated heterocycles. The minimum atomic E-state index is -0.556. The molecule has 6 aromatic rings. The van der Waals surface area contributed by atoms with Crippen LogP contribution in [0.4, 0.5) is 0 Å². The Kier molecular flexibility index (Phi) is 7.09. The third kappa shape index (κ3) is 4.72. The normalized spacial score (nSPS) is 10.3. The first kappa shape index (κ1) is 21.0. The van der Waals surface area contributed by atoms with Crippen LogP contribution in [0.1, 0.15) is 0 Å². The van der Waals surface area contributed by atoms with Crippen LogP contribution in [-0.4, -0.2) is 4.57 Å². The molecule has 0 aliphatic rings. The van der Waals surface area contributed by atoms with Crippen molar-refractivity contribution in [2.24, 2.45) is 0 Å². The first-order chi connectivity index (χ1) is 14.8. The summed E-state index contributed by atoms with van der Waals surface area (Å²) < 4.78 is 2.25. The fraction of sp³-hybridized carbons (Fsp3) is 0. The number of hydrogen-bond donors (Lipinski definition) is 0. The van der Waals surface area contributed by atoms with E-state index in [0.717, 1.165) is 0 Å². The monoisotopic (exact) mass is 463 g/mol. The van der Waals surface area contributed by atoms with Crippen LogP contribution >= 0.6 is 18.6 Å². The van der Waals surface area contributed by atoms with Gasteiger partial charge in [0.05, 0.1) is 5.52 Å². The van der Waals surface area contributed by atoms with Gasteiger partial charge in [0.2, 0.25) is 0 Å². The number of para-hydroxylation sites is 1. The summed E-state index contributed by atoms with van der Waals surface area (Å²) in [5.74, 6) is 0. The summed E-state index contributed by atoms with van der Waals surface area (Å²) in [7, 11) is 9.78. The van der Waals surface area contributed by atoms with Gasteiger partial charge in [0.1, 0.15) is 0 Å². The van der Waals surface area contributed by atoms with E-state index in [1.165, 1.54) is 38.1 Å². The maximum absolute atomic E-state index is 4.89. The Labute approximate surface area is 192 Å². The summed E-state index contributed by atoms with van der Waals surface area (Å²) in [4.78, 5) is 0. The van der Waals surface area contributed by atoms with Crippen LogP contribution in [0.3, 0.4) is 0 Å². The van der Waals surface area contributed by atoms with Crippen LogP contribution in [-0.2, 0) is 17.0 Å². The SMILES string of the molecule is [Cl][Ti][Cl].c1ccc2[cH-]c(-n3ccc4ccccc43)cc2c1.c1ccc2[cH-]ccc2c1. The van der Waals surface area contributed by atoms with Crippen LogP contribution in [0.2, 0.25) is 0 Å². The fourth-order valence-corrected chi connectivity index (χ4v) is 3.65. The number of hydrogen-bond acceptors (Lipinski definition) is 0. The average molecular weight is 464 g/mol. The van der Waals surface area contributed by atoms with E-state index in [1.54, 1.807) is 0 Å². The average Bonchev–Trinajstić information content (AvgIpc) is 3.51. The number of aromatic nitrogens is 1. The molecular formula is C26H19Cl2NTi-2. The van der Waals surface area contributed by atoms with E-state index in [2.05, 4.69) is 120 Å². The van der Waals surface area contributed by atoms with E-state index >= 15 is 0 Å². The molecule has 148 valence electrons. The van der Waals surface area contributed by atoms with Gasteiger partial charge in [-0.1, -0.05) is 30.3 Å². The van der Waals surface area contributed by atoms with Gasteiger partial charge in [-0.05, 0) is 23.2 Å². The minimum Gasteiger partial charge on any atom is -0.335 e. The Hall–Kier alpha value is -2.29. The number of rotatable bonds is 1. The molecule has 1 heterocycles. The van der Waals surface area contributed by atoms with E-state index < -0.39 is 17.0 Å². The standard InChI is InChI=1S/C17H12N.C9H7.2ClH.Ti/c1-2-7-15-12-16(11-14(15)6-1)18-10-9-13-5-3-4-8-17(13)18;1-2-5-9-7-3-6-8(9)4-1;;;/h1-12H;1-7H;2*1H;/q2*-1;;;+2/p-2. The number of halogens is 2. The van der Waals surface area contributed by atoms with Gasteiger partial charge < -0.3 is 4.57 Å². The van der Waals surface area contributed by atoms with Crippen molar-refractivity contribution in [3.63, 3.8) is 0 Å². The van der Waals surface area contributed by atoms with Crippen LogP contribution < -0.4 is 0 Å². The van der Waals surface area contributed by atoms with Crippen LogP contribution in [0.25, 0.3) is 38.1 Å². The summed E-state index contributed by atoms with van der Waals surface area (Å²) in [5, 5.41) is 6.54. The van der Waals surface area contributed by atoms with Crippen LogP contribution in [0, 0.1) is 0 Å². The molecule has 5 aromatic carbocycles. The molecular weight excluding hydrogens is 445 g/mol. The van der Waals surface area contributed by atoms with Gasteiger partial charge in [-0.15, -0.1) is 70.8 Å². The first-order valence-electron chi connectivity index (χ1n) is 9.59. The molecule has 0 spiro atoms. The molecule has 0 saturated carbocycles. The van der Waals surface area contributed by atoms with Gasteiger partial charge in [-0.25, -0.2) is 0 Å². The molecule has 0 fully saturated rings. The third-order valence-corrected chi connectivity index (χ3v) is 5.03. The van der Waals surface area contributed by atoms with Gasteiger partial charge in [0, 0.05) is 6.20 Å². The maximum Gasteiger partial charge on any atom is 0.0511 e. The van der Waals surface area contributed by atoms with Crippen molar-refractivity contribution in [1.82, 2.24) is 4.57 Å². The zero-order valence-electron chi connectivity index (χ0n) is 16.2. The summed E-state index contributed by atoms with van der Waals surface area (Å²) in [5.41, 5.74) is 2.49. The molecule has 0 aliphatic heterocycles. The second-order valence-electron chi connectivity index (χ2n) is 6.81. The molecule has 0 radical (unpaired) electrons. The molecule has 0 aliphatic carbocycles. The summed E-state index contributed by atoms with van der Waals surface area (Å²) in [6, 6.07) is 38.3. The van der Waals surface area contributed by atoms with Gasteiger partial charge in [0.15, 0.2) is 0 Å². The maximum atomic E-state index is 4.89. The van der Waals surface area contributed by atoms with Crippen molar-refractivity contribution in [1.29, 1.82) is 0 Å². The Morgan fingerprint density at radius 1 is 0.667 bits per heavy atom. The van der Waals surface area contributed by atoms with Crippen molar-refractivity contribution in [2.75, 3.05) is 0 Å². The van der Waals surface area contributed by atoms with Crippen molar-refractivity contribution < 1.29 is 17.0 Å². The Morgan fingerprint density at radius 2 is 1.30 bits per heavy atom. The molecule has 6 rings (SSSR count). The molecule has 4 heteroatoms. The van der Waals surface area contributed by atoms with Crippen molar-refractivity contribution in [2.45, 2.75) is 0 Å². The molecule has 1 aromatic heterocycles. The van der Waals surface area contributed by atoms with E-state index in [-0.39, 0.29) is 0 Å². The number of fused-ring (bicyclic) bond motifs is 3. The fourth-order valence-electron chi connectivity index (χ4n) is 3.65. The van der Waals surface area contributed by atoms with Crippen molar-refractivity contribution in [3.05, 3.63) is 115 Å². The van der Waals surface area contributed by atoms with Crippen LogP contribution in [0.15, 0.2) is 115 Å². The Bertz CT molecular complexity index is 1300. The third-order valence-electron chi connectivity index (χ3n) is 5.03. The number of benzene rings is 3. The molecule has 0 N–H and O–H groups in total. The van der Waals surface area contributed by atoms with Crippen molar-refractivity contribution in [3.8, 4) is 5.69 Å². The molecule has 0 bridgehead atoms. The van der Waals surface area contributed by atoms with Gasteiger partial charge >= 0.3 is 35.6 Å². The Morgan fingerprint density at radius 3 is 2.03 bits per heavy atom. The number of nitrogens with zero attached hydrogens (tertiary/aromatic N) is 1. The largest absolute Gasteiger partial charge is 0.335 e. The van der Waals surface area contributed by atoms with Crippen molar-refractivity contribution >= 4 is 51.1 Å². The van der Waals surface area contributed by atoms with E-state index in [0.29, 0.717) is 0 Å². The van der Waals surface area contributed by atoms with Gasteiger partial charge in [-0.2, -0.15) is 17.5 Å². The Balaban J connectivity index is 0.000000152. The first-order valence-corrected chi connectivity index (χ1v) is 13.9. The summed E-state index contributed by atoms with van der Waals surface area (Å²) >= 11 is -0.556. The van der Waals surface area contributed by atoms with Crippen LogP contribution in [0.5, 0.6) is 0 Å². The summed E-state index contributed by atoms with van der Waals surface area (Å²) in [6.07, 6.45) is 2.14. The van der Waals surface area contributed by atoms with E-state index in [1.807, 2.05) is 0 Å². The van der Waals surface area contributed by atoms with E-state index in [9.17, 15) is 0 Å². The molecule has 30 heavy (non-hydrogen) atoms. The van der Waals surface area contributed by atoms with E-state index in [4.69, 9.17) is 18.6 Å². The smallest absolute Gasteiger partial charge is 0.0511 e. The van der Waals surface area contributed by atoms with Gasteiger partial charge in [0.25, 0.3) is 0 Å². The molecule has 0 atom stereocenters. The molecule has 0 unspecified atom stereocenters.